The van der Waals surface area contributed by atoms with Gasteiger partial charge in [-0.05, 0) is 30.7 Å². The number of aliphatic imine (C=N–C) groups is 1. The first kappa shape index (κ1) is 24.1. The van der Waals surface area contributed by atoms with Crippen LogP contribution in [0.4, 0.5) is 0 Å². The van der Waals surface area contributed by atoms with Crippen molar-refractivity contribution < 1.29 is 4.74 Å². The highest BCUT2D eigenvalue weighted by Crippen LogP contribution is 2.17. The highest BCUT2D eigenvalue weighted by atomic mass is 127. The second-order valence-electron chi connectivity index (χ2n) is 5.47. The molecule has 150 valence electrons. The number of aromatic nitrogens is 2. The maximum atomic E-state index is 5.72. The van der Waals surface area contributed by atoms with E-state index in [4.69, 9.17) is 4.74 Å². The second-order valence-corrected chi connectivity index (χ2v) is 7.61. The lowest BCUT2D eigenvalue weighted by Crippen LogP contribution is -2.39. The number of thioether (sulfide) groups is 1. The zero-order chi connectivity index (χ0) is 18.5. The Hall–Kier alpha value is -0.940. The first-order valence-electron chi connectivity index (χ1n) is 8.66. The molecule has 0 fully saturated rings. The summed E-state index contributed by atoms with van der Waals surface area (Å²) < 4.78 is 8.69. The average molecular weight is 568 g/mol. The minimum absolute atomic E-state index is 0. The molecule has 6 nitrogen and oxygen atoms in total. The number of halogens is 2. The summed E-state index contributed by atoms with van der Waals surface area (Å²) in [5, 5.41) is 10.8. The van der Waals surface area contributed by atoms with E-state index >= 15 is 0 Å². The molecule has 27 heavy (non-hydrogen) atoms. The van der Waals surface area contributed by atoms with Crippen LogP contribution in [0.15, 0.2) is 52.2 Å². The molecule has 0 aliphatic heterocycles. The predicted octanol–water partition coefficient (Wildman–Crippen LogP) is 3.63. The third-order valence-electron chi connectivity index (χ3n) is 3.47. The summed E-state index contributed by atoms with van der Waals surface area (Å²) in [5.41, 5.74) is 0. The third-order valence-corrected chi connectivity index (χ3v) is 4.91. The van der Waals surface area contributed by atoms with Gasteiger partial charge in [0.1, 0.15) is 5.75 Å². The molecule has 0 saturated carbocycles. The van der Waals surface area contributed by atoms with Crippen molar-refractivity contribution in [1.29, 1.82) is 0 Å². The molecule has 2 aromatic rings. The minimum Gasteiger partial charge on any atom is -0.493 e. The van der Waals surface area contributed by atoms with Crippen molar-refractivity contribution in [3.63, 3.8) is 0 Å². The van der Waals surface area contributed by atoms with Gasteiger partial charge in [-0.2, -0.15) is 16.9 Å². The lowest BCUT2D eigenvalue weighted by Gasteiger charge is -2.12. The molecular formula is C18H27BrIN5OS. The van der Waals surface area contributed by atoms with E-state index < -0.39 is 0 Å². The first-order chi connectivity index (χ1) is 12.8. The molecule has 1 heterocycles. The average Bonchev–Trinajstić information content (AvgIpc) is 3.16. The first-order valence-corrected chi connectivity index (χ1v) is 10.6. The van der Waals surface area contributed by atoms with E-state index in [1.165, 1.54) is 0 Å². The summed E-state index contributed by atoms with van der Waals surface area (Å²) >= 11 is 5.31. The molecule has 0 aliphatic carbocycles. The fourth-order valence-electron chi connectivity index (χ4n) is 2.22. The molecule has 2 N–H and O–H groups in total. The molecule has 1 aromatic carbocycles. The Labute approximate surface area is 191 Å². The molecule has 0 bridgehead atoms. The molecular weight excluding hydrogens is 541 g/mol. The van der Waals surface area contributed by atoms with Crippen LogP contribution < -0.4 is 15.4 Å². The molecule has 0 aliphatic rings. The number of nitrogens with zero attached hydrogens (tertiary/aromatic N) is 3. The molecule has 2 rings (SSSR count). The summed E-state index contributed by atoms with van der Waals surface area (Å²) in [4.78, 5) is 4.24. The van der Waals surface area contributed by atoms with Gasteiger partial charge >= 0.3 is 0 Å². The summed E-state index contributed by atoms with van der Waals surface area (Å²) in [6.45, 7) is 3.36. The van der Waals surface area contributed by atoms with Gasteiger partial charge in [0.15, 0.2) is 5.96 Å². The zero-order valence-corrected chi connectivity index (χ0v) is 20.2. The summed E-state index contributed by atoms with van der Waals surface area (Å²) in [7, 11) is 1.79. The quantitative estimate of drug-likeness (QED) is 0.188. The zero-order valence-electron chi connectivity index (χ0n) is 15.4. The standard InChI is InChI=1S/C18H26BrN5OS.HI/c1-20-18(21-7-3-10-24-11-4-8-23-24)22-9-13-26-14-12-25-17-6-2-5-16(19)15-17;/h2,4-6,8,11,15H,3,7,9-10,12-14H2,1H3,(H2,20,21,22);1H. The fourth-order valence-corrected chi connectivity index (χ4v) is 3.25. The van der Waals surface area contributed by atoms with E-state index in [0.29, 0.717) is 6.61 Å². The van der Waals surface area contributed by atoms with Gasteiger partial charge in [0.05, 0.1) is 6.61 Å². The Kier molecular flexibility index (Phi) is 13.4. The highest BCUT2D eigenvalue weighted by Gasteiger charge is 1.98. The Balaban J connectivity index is 0.00000364. The summed E-state index contributed by atoms with van der Waals surface area (Å²) in [5.74, 6) is 3.72. The van der Waals surface area contributed by atoms with E-state index in [1.807, 2.05) is 53.0 Å². The highest BCUT2D eigenvalue weighted by molar-refractivity contribution is 14.0. The number of rotatable bonds is 11. The topological polar surface area (TPSA) is 63.5 Å². The van der Waals surface area contributed by atoms with E-state index in [-0.39, 0.29) is 24.0 Å². The predicted molar refractivity (Wildman–Crippen MR) is 129 cm³/mol. The van der Waals surface area contributed by atoms with Crippen molar-refractivity contribution in [2.24, 2.45) is 4.99 Å². The monoisotopic (exact) mass is 567 g/mol. The van der Waals surface area contributed by atoms with E-state index in [0.717, 1.165) is 53.7 Å². The Morgan fingerprint density at radius 1 is 1.26 bits per heavy atom. The number of hydrogen-bond acceptors (Lipinski definition) is 4. The van der Waals surface area contributed by atoms with Gasteiger partial charge < -0.3 is 15.4 Å². The van der Waals surface area contributed by atoms with Crippen LogP contribution >= 0.6 is 51.7 Å². The largest absolute Gasteiger partial charge is 0.493 e. The maximum Gasteiger partial charge on any atom is 0.191 e. The normalized spacial score (nSPS) is 11.0. The third kappa shape index (κ3) is 10.8. The van der Waals surface area contributed by atoms with E-state index in [2.05, 4.69) is 36.7 Å². The number of nitrogens with one attached hydrogen (secondary N) is 2. The molecule has 0 atom stereocenters. The number of guanidine groups is 1. The SMILES string of the molecule is CN=C(NCCCn1cccn1)NCCSCCOc1cccc(Br)c1.I. The van der Waals surface area contributed by atoms with Crippen LogP contribution in [-0.2, 0) is 6.54 Å². The van der Waals surface area contributed by atoms with Gasteiger partial charge in [0, 0.05) is 55.1 Å². The van der Waals surface area contributed by atoms with Gasteiger partial charge in [-0.25, -0.2) is 0 Å². The van der Waals surface area contributed by atoms with Crippen molar-refractivity contribution in [2.45, 2.75) is 13.0 Å². The fraction of sp³-hybridized carbons (Fsp3) is 0.444. The number of benzene rings is 1. The van der Waals surface area contributed by atoms with Crippen LogP contribution in [0.2, 0.25) is 0 Å². The second kappa shape index (κ2) is 15.0. The Morgan fingerprint density at radius 2 is 2.11 bits per heavy atom. The van der Waals surface area contributed by atoms with E-state index in [9.17, 15) is 0 Å². The lowest BCUT2D eigenvalue weighted by molar-refractivity contribution is 0.344. The smallest absolute Gasteiger partial charge is 0.191 e. The summed E-state index contributed by atoms with van der Waals surface area (Å²) in [6, 6.07) is 9.86. The molecule has 0 saturated heterocycles. The Morgan fingerprint density at radius 3 is 2.85 bits per heavy atom. The van der Waals surface area contributed by atoms with Crippen molar-refractivity contribution in [3.8, 4) is 5.75 Å². The van der Waals surface area contributed by atoms with Gasteiger partial charge in [-0.1, -0.05) is 22.0 Å². The van der Waals surface area contributed by atoms with E-state index in [1.54, 1.807) is 13.2 Å². The van der Waals surface area contributed by atoms with Crippen molar-refractivity contribution in [1.82, 2.24) is 20.4 Å². The maximum absolute atomic E-state index is 5.72. The van der Waals surface area contributed by atoms with Gasteiger partial charge in [-0.3, -0.25) is 9.67 Å². The van der Waals surface area contributed by atoms with Gasteiger partial charge in [0.2, 0.25) is 0 Å². The lowest BCUT2D eigenvalue weighted by atomic mass is 10.3. The van der Waals surface area contributed by atoms with Crippen LogP contribution in [0.5, 0.6) is 5.75 Å². The molecule has 1 aromatic heterocycles. The molecule has 0 spiro atoms. The molecule has 0 unspecified atom stereocenters. The van der Waals surface area contributed by atoms with Crippen LogP contribution in [0.25, 0.3) is 0 Å². The van der Waals surface area contributed by atoms with Gasteiger partial charge in [-0.15, -0.1) is 24.0 Å². The van der Waals surface area contributed by atoms with Crippen molar-refractivity contribution in [2.75, 3.05) is 38.2 Å². The Bertz CT molecular complexity index is 657. The molecule has 0 radical (unpaired) electrons. The summed E-state index contributed by atoms with van der Waals surface area (Å²) in [6.07, 6.45) is 4.78. The van der Waals surface area contributed by atoms with Crippen molar-refractivity contribution >= 4 is 57.6 Å². The van der Waals surface area contributed by atoms with Crippen LogP contribution in [0.1, 0.15) is 6.42 Å². The number of aryl methyl sites for hydroxylation is 1. The van der Waals surface area contributed by atoms with Crippen LogP contribution in [-0.4, -0.2) is 54.0 Å². The van der Waals surface area contributed by atoms with Crippen LogP contribution in [0, 0.1) is 0 Å². The van der Waals surface area contributed by atoms with Crippen LogP contribution in [0.3, 0.4) is 0 Å². The number of hydrogen-bond donors (Lipinski definition) is 2. The minimum atomic E-state index is 0. The molecule has 9 heteroatoms. The van der Waals surface area contributed by atoms with Crippen molar-refractivity contribution in [3.05, 3.63) is 47.2 Å². The number of ether oxygens (including phenoxy) is 1. The van der Waals surface area contributed by atoms with Gasteiger partial charge in [0.25, 0.3) is 0 Å². The molecule has 0 amide bonds.